The minimum atomic E-state index is -0.429. The van der Waals surface area contributed by atoms with Gasteiger partial charge in [-0.05, 0) is 89.0 Å². The number of hydrogen-bond acceptors (Lipinski definition) is 5. The first-order chi connectivity index (χ1) is 21.5. The molecule has 8 rings (SSSR count). The van der Waals surface area contributed by atoms with Crippen LogP contribution >= 0.6 is 0 Å². The van der Waals surface area contributed by atoms with Gasteiger partial charge in [0.05, 0.1) is 27.7 Å². The predicted molar refractivity (Wildman–Crippen MR) is 170 cm³/mol. The van der Waals surface area contributed by atoms with E-state index in [2.05, 4.69) is 38.8 Å². The summed E-state index contributed by atoms with van der Waals surface area (Å²) in [4.78, 5) is 26.0. The molecular formula is C33H40FN9O. The van der Waals surface area contributed by atoms with Crippen LogP contribution in [0, 0.1) is 5.95 Å². The highest BCUT2D eigenvalue weighted by molar-refractivity contribution is 6.05. The van der Waals surface area contributed by atoms with Crippen LogP contribution in [0.25, 0.3) is 33.4 Å². The van der Waals surface area contributed by atoms with Crippen LogP contribution in [0.15, 0.2) is 48.7 Å². The van der Waals surface area contributed by atoms with E-state index in [0.717, 1.165) is 97.2 Å². The maximum Gasteiger partial charge on any atom is 0.250 e. The Balaban J connectivity index is 0.000000143. The summed E-state index contributed by atoms with van der Waals surface area (Å²) >= 11 is 0. The standard InChI is InChI=1S/C17H21N5O.C16H19FN4/c1-2-8-21-9-4-7-14(21)12-10-19-22-15-11(16(18)23)5-3-6-13(15)20-17(12)22;1-2-9-20-10-5-8-13(20)14-15(17)19-21-12-7-4-3-6-11(12)18-16(14)21/h3,5-6,10,14,19H,2,4,7-9H2,1H3,(H2,18,23);3-4,6-7,13,19H,2,5,8-10H2,1H3. The molecule has 0 saturated carbocycles. The number of nitrogens with two attached hydrogens (primary N) is 1. The molecule has 2 fully saturated rings. The van der Waals surface area contributed by atoms with Gasteiger partial charge in [-0.25, -0.2) is 19.0 Å². The number of nitrogens with one attached hydrogen (secondary N) is 2. The molecule has 11 heteroatoms. The number of primary amides is 1. The van der Waals surface area contributed by atoms with Gasteiger partial charge in [-0.2, -0.15) is 4.39 Å². The fraction of sp³-hybridized carbons (Fsp3) is 0.424. The van der Waals surface area contributed by atoms with Crippen LogP contribution in [-0.2, 0) is 0 Å². The van der Waals surface area contributed by atoms with Crippen molar-refractivity contribution in [2.75, 3.05) is 26.2 Å². The molecule has 4 N–H and O–H groups in total. The number of carbonyl (C=O) groups excluding carboxylic acids is 1. The smallest absolute Gasteiger partial charge is 0.250 e. The number of aromatic nitrogens is 6. The fourth-order valence-corrected chi connectivity index (χ4v) is 7.40. The summed E-state index contributed by atoms with van der Waals surface area (Å²) in [5, 5.41) is 6.12. The number of H-pyrrole nitrogens is 2. The van der Waals surface area contributed by atoms with E-state index in [0.29, 0.717) is 11.6 Å². The van der Waals surface area contributed by atoms with Crippen LogP contribution in [0.5, 0.6) is 0 Å². The number of benzene rings is 2. The van der Waals surface area contributed by atoms with Gasteiger partial charge in [-0.1, -0.05) is 32.0 Å². The second kappa shape index (κ2) is 11.7. The molecule has 1 amide bonds. The van der Waals surface area contributed by atoms with E-state index in [1.54, 1.807) is 10.6 Å². The van der Waals surface area contributed by atoms with Crippen molar-refractivity contribution in [1.29, 1.82) is 0 Å². The Bertz CT molecular complexity index is 1950. The topological polar surface area (TPSA) is 116 Å². The number of para-hydroxylation sites is 3. The number of nitrogens with zero attached hydrogens (tertiary/aromatic N) is 6. The number of fused-ring (bicyclic) bond motifs is 6. The van der Waals surface area contributed by atoms with Crippen molar-refractivity contribution in [3.8, 4) is 0 Å². The molecule has 0 spiro atoms. The number of imidazole rings is 2. The van der Waals surface area contributed by atoms with Gasteiger partial charge in [0.25, 0.3) is 5.91 Å². The second-order valence-corrected chi connectivity index (χ2v) is 12.0. The van der Waals surface area contributed by atoms with Gasteiger partial charge in [0.15, 0.2) is 11.3 Å². The first-order valence-corrected chi connectivity index (χ1v) is 15.9. The van der Waals surface area contributed by atoms with Crippen molar-refractivity contribution in [2.45, 2.75) is 64.5 Å². The van der Waals surface area contributed by atoms with Gasteiger partial charge in [0.1, 0.15) is 5.52 Å². The molecule has 6 heterocycles. The van der Waals surface area contributed by atoms with Crippen molar-refractivity contribution < 1.29 is 9.18 Å². The lowest BCUT2D eigenvalue weighted by molar-refractivity contribution is 0.100. The quantitative estimate of drug-likeness (QED) is 0.210. The number of aromatic amines is 2. The van der Waals surface area contributed by atoms with E-state index in [1.807, 2.05) is 47.1 Å². The van der Waals surface area contributed by atoms with Crippen LogP contribution < -0.4 is 5.73 Å². The van der Waals surface area contributed by atoms with E-state index < -0.39 is 5.91 Å². The highest BCUT2D eigenvalue weighted by Gasteiger charge is 2.32. The first-order valence-electron chi connectivity index (χ1n) is 15.9. The first kappa shape index (κ1) is 28.5. The van der Waals surface area contributed by atoms with Crippen molar-refractivity contribution >= 4 is 39.3 Å². The van der Waals surface area contributed by atoms with Gasteiger partial charge in [0.2, 0.25) is 5.95 Å². The molecule has 44 heavy (non-hydrogen) atoms. The van der Waals surface area contributed by atoms with Gasteiger partial charge in [-0.15, -0.1) is 0 Å². The highest BCUT2D eigenvalue weighted by Crippen LogP contribution is 2.37. The molecule has 2 saturated heterocycles. The molecule has 4 aromatic heterocycles. The summed E-state index contributed by atoms with van der Waals surface area (Å²) in [6.07, 6.45) is 8.77. The average Bonchev–Trinajstić information content (AvgIpc) is 3.85. The Kier molecular flexibility index (Phi) is 7.59. The van der Waals surface area contributed by atoms with Crippen LogP contribution in [0.4, 0.5) is 4.39 Å². The van der Waals surface area contributed by atoms with Crippen LogP contribution in [0.1, 0.15) is 85.9 Å². The Morgan fingerprint density at radius 2 is 1.59 bits per heavy atom. The number of amides is 1. The summed E-state index contributed by atoms with van der Waals surface area (Å²) in [6, 6.07) is 13.9. The molecule has 0 radical (unpaired) electrons. The van der Waals surface area contributed by atoms with Gasteiger partial charge in [-0.3, -0.25) is 24.8 Å². The molecule has 2 unspecified atom stereocenters. The van der Waals surface area contributed by atoms with E-state index in [4.69, 9.17) is 10.7 Å². The molecule has 2 aliphatic heterocycles. The fourth-order valence-electron chi connectivity index (χ4n) is 7.40. The van der Waals surface area contributed by atoms with Crippen LogP contribution in [0.2, 0.25) is 0 Å². The van der Waals surface area contributed by atoms with Gasteiger partial charge >= 0.3 is 0 Å². The normalized spacial score (nSPS) is 19.5. The monoisotopic (exact) mass is 597 g/mol. The number of likely N-dealkylation sites (tertiary alicyclic amines) is 2. The molecule has 230 valence electrons. The molecular weight excluding hydrogens is 557 g/mol. The molecule has 10 nitrogen and oxygen atoms in total. The lowest BCUT2D eigenvalue weighted by Crippen LogP contribution is -2.24. The zero-order chi connectivity index (χ0) is 30.4. The Labute approximate surface area is 255 Å². The largest absolute Gasteiger partial charge is 0.366 e. The molecule has 2 aromatic carbocycles. The number of halogens is 1. The maximum atomic E-state index is 14.5. The van der Waals surface area contributed by atoms with Crippen molar-refractivity contribution in [3.05, 3.63) is 71.3 Å². The van der Waals surface area contributed by atoms with E-state index in [9.17, 15) is 9.18 Å². The molecule has 6 aromatic rings. The minimum Gasteiger partial charge on any atom is -0.366 e. The summed E-state index contributed by atoms with van der Waals surface area (Å²) < 4.78 is 18.2. The Morgan fingerprint density at radius 1 is 0.909 bits per heavy atom. The van der Waals surface area contributed by atoms with E-state index in [1.165, 1.54) is 12.0 Å². The van der Waals surface area contributed by atoms with Gasteiger partial charge < -0.3 is 5.73 Å². The zero-order valence-electron chi connectivity index (χ0n) is 25.4. The van der Waals surface area contributed by atoms with Crippen molar-refractivity contribution in [2.24, 2.45) is 5.73 Å². The van der Waals surface area contributed by atoms with Crippen molar-refractivity contribution in [1.82, 2.24) is 39.0 Å². The number of hydrogen-bond donors (Lipinski definition) is 3. The number of carbonyl (C=O) groups is 1. The Hall–Kier alpha value is -4.22. The summed E-state index contributed by atoms with van der Waals surface area (Å²) in [7, 11) is 0. The molecule has 2 atom stereocenters. The predicted octanol–water partition coefficient (Wildman–Crippen LogP) is 5.96. The summed E-state index contributed by atoms with van der Waals surface area (Å²) in [5.74, 6) is -0.668. The molecule has 0 aliphatic carbocycles. The molecule has 2 aliphatic rings. The average molecular weight is 598 g/mol. The summed E-state index contributed by atoms with van der Waals surface area (Å²) in [6.45, 7) is 8.70. The Morgan fingerprint density at radius 3 is 2.34 bits per heavy atom. The third kappa shape index (κ3) is 4.75. The lowest BCUT2D eigenvalue weighted by Gasteiger charge is -2.22. The lowest BCUT2D eigenvalue weighted by atomic mass is 10.1. The van der Waals surface area contributed by atoms with Crippen LogP contribution in [0.3, 0.4) is 0 Å². The third-order valence-corrected chi connectivity index (χ3v) is 9.24. The highest BCUT2D eigenvalue weighted by atomic mass is 19.1. The van der Waals surface area contributed by atoms with E-state index in [-0.39, 0.29) is 12.0 Å². The van der Waals surface area contributed by atoms with Crippen molar-refractivity contribution in [3.63, 3.8) is 0 Å². The number of rotatable bonds is 7. The van der Waals surface area contributed by atoms with Crippen LogP contribution in [-0.4, -0.2) is 71.1 Å². The third-order valence-electron chi connectivity index (χ3n) is 9.24. The zero-order valence-corrected chi connectivity index (χ0v) is 25.4. The maximum absolute atomic E-state index is 14.5. The minimum absolute atomic E-state index is 0.149. The SMILES string of the molecule is CCCN1CCCC1c1c(F)[nH]n2c1nc1ccccc12.CCCN1CCCC1c1c[nH]n2c1nc1cccc(C(N)=O)c12. The molecule has 0 bridgehead atoms. The van der Waals surface area contributed by atoms with Gasteiger partial charge in [0, 0.05) is 23.8 Å². The van der Waals surface area contributed by atoms with E-state index >= 15 is 0 Å². The summed E-state index contributed by atoms with van der Waals surface area (Å²) in [5.41, 5.74) is 13.0. The second-order valence-electron chi connectivity index (χ2n) is 12.0.